The molecule has 1 saturated heterocycles. The van der Waals surface area contributed by atoms with Gasteiger partial charge in [0.1, 0.15) is 11.3 Å². The van der Waals surface area contributed by atoms with Crippen molar-refractivity contribution in [2.45, 2.75) is 38.0 Å². The van der Waals surface area contributed by atoms with Crippen LogP contribution in [-0.4, -0.2) is 34.7 Å². The van der Waals surface area contributed by atoms with E-state index in [4.69, 9.17) is 4.74 Å². The third kappa shape index (κ3) is 3.69. The summed E-state index contributed by atoms with van der Waals surface area (Å²) in [5.74, 6) is -0.281. The Hall–Kier alpha value is -2.09. The zero-order valence-corrected chi connectivity index (χ0v) is 13.0. The topological polar surface area (TPSA) is 56.2 Å². The Kier molecular flexibility index (Phi) is 4.75. The fourth-order valence-electron chi connectivity index (χ4n) is 2.92. The SMILES string of the molecule is O=C(CCn1c(C(F)(F)F)cc2cccnc21)N[C@@H]1CCCOC1. The number of rotatable bonds is 4. The first kappa shape index (κ1) is 16.8. The fraction of sp³-hybridized carbons (Fsp3) is 0.500. The fourth-order valence-corrected chi connectivity index (χ4v) is 2.92. The molecular weight excluding hydrogens is 323 g/mol. The molecule has 130 valence electrons. The molecular formula is C16H18F3N3O2. The van der Waals surface area contributed by atoms with E-state index in [1.54, 1.807) is 12.1 Å². The molecule has 1 fully saturated rings. The van der Waals surface area contributed by atoms with Crippen LogP contribution in [0.15, 0.2) is 24.4 Å². The highest BCUT2D eigenvalue weighted by Crippen LogP contribution is 2.33. The maximum atomic E-state index is 13.2. The minimum absolute atomic E-state index is 0.0417. The molecule has 3 rings (SSSR count). The van der Waals surface area contributed by atoms with Crippen LogP contribution < -0.4 is 5.32 Å². The molecule has 0 radical (unpaired) electrons. The lowest BCUT2D eigenvalue weighted by Gasteiger charge is -2.23. The summed E-state index contributed by atoms with van der Waals surface area (Å²) in [4.78, 5) is 16.0. The van der Waals surface area contributed by atoms with Crippen LogP contribution in [0, 0.1) is 0 Å². The summed E-state index contributed by atoms with van der Waals surface area (Å²) < 4.78 is 46.0. The maximum absolute atomic E-state index is 13.2. The van der Waals surface area contributed by atoms with Crippen LogP contribution in [0.2, 0.25) is 0 Å². The zero-order chi connectivity index (χ0) is 17.2. The molecule has 24 heavy (non-hydrogen) atoms. The molecule has 3 heterocycles. The van der Waals surface area contributed by atoms with Crippen molar-refractivity contribution in [1.29, 1.82) is 0 Å². The van der Waals surface area contributed by atoms with Crippen LogP contribution in [0.3, 0.4) is 0 Å². The molecule has 0 spiro atoms. The first-order chi connectivity index (χ1) is 11.4. The smallest absolute Gasteiger partial charge is 0.379 e. The molecule has 8 heteroatoms. The number of alkyl halides is 3. The van der Waals surface area contributed by atoms with Gasteiger partial charge in [0, 0.05) is 31.2 Å². The van der Waals surface area contributed by atoms with Gasteiger partial charge in [-0.15, -0.1) is 0 Å². The number of halogens is 3. The highest BCUT2D eigenvalue weighted by atomic mass is 19.4. The highest BCUT2D eigenvalue weighted by molar-refractivity contribution is 5.79. The van der Waals surface area contributed by atoms with Gasteiger partial charge in [-0.05, 0) is 31.0 Å². The van der Waals surface area contributed by atoms with E-state index in [0.29, 0.717) is 18.6 Å². The summed E-state index contributed by atoms with van der Waals surface area (Å²) in [5, 5.41) is 3.22. The van der Waals surface area contributed by atoms with Gasteiger partial charge in [0.25, 0.3) is 0 Å². The number of carbonyl (C=O) groups excluding carboxylic acids is 1. The number of ether oxygens (including phenoxy) is 1. The van der Waals surface area contributed by atoms with Gasteiger partial charge < -0.3 is 14.6 Å². The number of carbonyl (C=O) groups is 1. The Bertz CT molecular complexity index is 721. The molecule has 1 N–H and O–H groups in total. The van der Waals surface area contributed by atoms with E-state index in [-0.39, 0.29) is 30.6 Å². The number of hydrogen-bond donors (Lipinski definition) is 1. The van der Waals surface area contributed by atoms with E-state index in [1.807, 2.05) is 0 Å². The van der Waals surface area contributed by atoms with Gasteiger partial charge >= 0.3 is 6.18 Å². The standard InChI is InChI=1S/C16H18F3N3O2/c17-16(18,19)13-9-11-3-1-6-20-15(11)22(13)7-5-14(23)21-12-4-2-8-24-10-12/h1,3,6,9,12H,2,4-5,7-8,10H2,(H,21,23)/t12-/m1/s1. The Labute approximate surface area is 136 Å². The van der Waals surface area contributed by atoms with E-state index in [9.17, 15) is 18.0 Å². The van der Waals surface area contributed by atoms with Crippen molar-refractivity contribution in [3.8, 4) is 0 Å². The van der Waals surface area contributed by atoms with E-state index >= 15 is 0 Å². The van der Waals surface area contributed by atoms with E-state index in [0.717, 1.165) is 23.5 Å². The molecule has 0 aliphatic carbocycles. The van der Waals surface area contributed by atoms with Gasteiger partial charge in [-0.25, -0.2) is 4.98 Å². The number of hydrogen-bond acceptors (Lipinski definition) is 3. The molecule has 0 bridgehead atoms. The third-order valence-corrected chi connectivity index (χ3v) is 4.03. The Morgan fingerprint density at radius 3 is 3.00 bits per heavy atom. The average molecular weight is 341 g/mol. The lowest BCUT2D eigenvalue weighted by Crippen LogP contribution is -2.40. The highest BCUT2D eigenvalue weighted by Gasteiger charge is 2.35. The van der Waals surface area contributed by atoms with Gasteiger partial charge in [-0.3, -0.25) is 4.79 Å². The van der Waals surface area contributed by atoms with Crippen LogP contribution in [0.5, 0.6) is 0 Å². The number of amides is 1. The number of aromatic nitrogens is 2. The van der Waals surface area contributed by atoms with Crippen LogP contribution >= 0.6 is 0 Å². The van der Waals surface area contributed by atoms with Crippen LogP contribution in [0.25, 0.3) is 11.0 Å². The van der Waals surface area contributed by atoms with Crippen molar-refractivity contribution in [3.05, 3.63) is 30.1 Å². The van der Waals surface area contributed by atoms with Gasteiger partial charge in [0.05, 0.1) is 12.6 Å². The number of nitrogens with zero attached hydrogens (tertiary/aromatic N) is 2. The molecule has 0 saturated carbocycles. The van der Waals surface area contributed by atoms with Crippen molar-refractivity contribution in [1.82, 2.24) is 14.9 Å². The molecule has 1 atom stereocenters. The predicted molar refractivity (Wildman–Crippen MR) is 81.3 cm³/mol. The summed E-state index contributed by atoms with van der Waals surface area (Å²) >= 11 is 0. The number of nitrogens with one attached hydrogen (secondary N) is 1. The number of fused-ring (bicyclic) bond motifs is 1. The lowest BCUT2D eigenvalue weighted by atomic mass is 10.1. The molecule has 2 aromatic heterocycles. The minimum Gasteiger partial charge on any atom is -0.379 e. The molecule has 1 aliphatic heterocycles. The zero-order valence-electron chi connectivity index (χ0n) is 13.0. The van der Waals surface area contributed by atoms with Crippen LogP contribution in [0.1, 0.15) is 25.0 Å². The maximum Gasteiger partial charge on any atom is 0.431 e. The van der Waals surface area contributed by atoms with E-state index < -0.39 is 11.9 Å². The second-order valence-electron chi connectivity index (χ2n) is 5.83. The van der Waals surface area contributed by atoms with Crippen molar-refractivity contribution in [2.24, 2.45) is 0 Å². The van der Waals surface area contributed by atoms with Crippen LogP contribution in [-0.2, 0) is 22.3 Å². The van der Waals surface area contributed by atoms with E-state index in [2.05, 4.69) is 10.3 Å². The van der Waals surface area contributed by atoms with Crippen molar-refractivity contribution >= 4 is 16.9 Å². The third-order valence-electron chi connectivity index (χ3n) is 4.03. The van der Waals surface area contributed by atoms with Gasteiger partial charge in [-0.1, -0.05) is 0 Å². The Morgan fingerprint density at radius 2 is 2.29 bits per heavy atom. The molecule has 0 unspecified atom stereocenters. The number of pyridine rings is 1. The second-order valence-corrected chi connectivity index (χ2v) is 5.83. The largest absolute Gasteiger partial charge is 0.431 e. The summed E-state index contributed by atoms with van der Waals surface area (Å²) in [5.41, 5.74) is -0.552. The monoisotopic (exact) mass is 341 g/mol. The Balaban J connectivity index is 1.73. The lowest BCUT2D eigenvalue weighted by molar-refractivity contribution is -0.143. The quantitative estimate of drug-likeness (QED) is 0.930. The van der Waals surface area contributed by atoms with Gasteiger partial charge in [0.15, 0.2) is 0 Å². The molecule has 2 aromatic rings. The second kappa shape index (κ2) is 6.80. The van der Waals surface area contributed by atoms with Crippen molar-refractivity contribution < 1.29 is 22.7 Å². The van der Waals surface area contributed by atoms with E-state index in [1.165, 1.54) is 6.20 Å². The first-order valence-corrected chi connectivity index (χ1v) is 7.84. The summed E-state index contributed by atoms with van der Waals surface area (Å²) in [6, 6.07) is 4.17. The first-order valence-electron chi connectivity index (χ1n) is 7.84. The normalized spacial score (nSPS) is 18.7. The van der Waals surface area contributed by atoms with Crippen LogP contribution in [0.4, 0.5) is 13.2 Å². The molecule has 5 nitrogen and oxygen atoms in total. The van der Waals surface area contributed by atoms with Crippen molar-refractivity contribution in [2.75, 3.05) is 13.2 Å². The van der Waals surface area contributed by atoms with Gasteiger partial charge in [0.2, 0.25) is 5.91 Å². The summed E-state index contributed by atoms with van der Waals surface area (Å²) in [7, 11) is 0. The minimum atomic E-state index is -4.49. The average Bonchev–Trinajstić information content (AvgIpc) is 2.93. The predicted octanol–water partition coefficient (Wildman–Crippen LogP) is 2.74. The molecule has 0 aromatic carbocycles. The number of aryl methyl sites for hydroxylation is 1. The Morgan fingerprint density at radius 1 is 1.46 bits per heavy atom. The van der Waals surface area contributed by atoms with Gasteiger partial charge in [-0.2, -0.15) is 13.2 Å². The summed E-state index contributed by atoms with van der Waals surface area (Å²) in [6.07, 6.45) is -1.39. The molecule has 1 aliphatic rings. The summed E-state index contributed by atoms with van der Waals surface area (Å²) in [6.45, 7) is 1.06. The molecule has 1 amide bonds. The van der Waals surface area contributed by atoms with Crippen molar-refractivity contribution in [3.63, 3.8) is 0 Å².